The van der Waals surface area contributed by atoms with Crippen molar-refractivity contribution < 1.29 is 14.3 Å². The van der Waals surface area contributed by atoms with Crippen molar-refractivity contribution in [3.05, 3.63) is 64.7 Å². The van der Waals surface area contributed by atoms with E-state index in [2.05, 4.69) is 6.07 Å². The summed E-state index contributed by atoms with van der Waals surface area (Å²) in [6.45, 7) is 1.17. The number of hydrogen-bond acceptors (Lipinski definition) is 4. The van der Waals surface area contributed by atoms with E-state index in [0.717, 1.165) is 5.56 Å². The molecule has 0 N–H and O–H groups in total. The molecule has 0 saturated carbocycles. The molecule has 7 heteroatoms. The third-order valence-corrected chi connectivity index (χ3v) is 5.26. The number of benzene rings is 2. The molecule has 1 atom stereocenters. The molecule has 2 amide bonds. The second-order valence-electron chi connectivity index (χ2n) is 6.94. The smallest absolute Gasteiger partial charge is 0.409 e. The summed E-state index contributed by atoms with van der Waals surface area (Å²) in [5.74, 6) is -0.515. The van der Waals surface area contributed by atoms with E-state index in [1.807, 2.05) is 30.3 Å². The third kappa shape index (κ3) is 4.87. The van der Waals surface area contributed by atoms with E-state index in [-0.39, 0.29) is 11.8 Å². The normalized spacial score (nSPS) is 16.0. The molecule has 1 aliphatic heterocycles. The van der Waals surface area contributed by atoms with Crippen molar-refractivity contribution >= 4 is 29.3 Å². The average Bonchev–Trinajstić information content (AvgIpc) is 2.77. The SMILES string of the molecule is COC(=O)N1CCCC(C(=O)N(Cc2ccccc2)c2cc(Cl)ccc2C#N)C1. The van der Waals surface area contributed by atoms with Gasteiger partial charge in [-0.3, -0.25) is 4.79 Å². The van der Waals surface area contributed by atoms with Gasteiger partial charge < -0.3 is 14.5 Å². The van der Waals surface area contributed by atoms with Gasteiger partial charge in [0.25, 0.3) is 0 Å². The van der Waals surface area contributed by atoms with Crippen LogP contribution < -0.4 is 4.90 Å². The minimum atomic E-state index is -0.433. The number of likely N-dealkylation sites (tertiary alicyclic amines) is 1. The number of methoxy groups -OCH3 is 1. The predicted octanol–water partition coefficient (Wildman–Crippen LogP) is 4.22. The van der Waals surface area contributed by atoms with Gasteiger partial charge in [0.05, 0.1) is 30.8 Å². The number of halogens is 1. The van der Waals surface area contributed by atoms with Crippen LogP contribution in [0.2, 0.25) is 5.02 Å². The maximum Gasteiger partial charge on any atom is 0.409 e. The molecule has 1 unspecified atom stereocenters. The van der Waals surface area contributed by atoms with Gasteiger partial charge in [0, 0.05) is 18.1 Å². The first-order chi connectivity index (χ1) is 14.0. The number of amides is 2. The van der Waals surface area contributed by atoms with Gasteiger partial charge >= 0.3 is 6.09 Å². The van der Waals surface area contributed by atoms with Crippen molar-refractivity contribution in [1.29, 1.82) is 5.26 Å². The Morgan fingerprint density at radius 2 is 2.03 bits per heavy atom. The van der Waals surface area contributed by atoms with Gasteiger partial charge in [-0.15, -0.1) is 0 Å². The maximum atomic E-state index is 13.5. The molecule has 0 spiro atoms. The van der Waals surface area contributed by atoms with Crippen molar-refractivity contribution in [1.82, 2.24) is 4.90 Å². The van der Waals surface area contributed by atoms with Crippen LogP contribution in [0.4, 0.5) is 10.5 Å². The van der Waals surface area contributed by atoms with Gasteiger partial charge in [-0.25, -0.2) is 4.79 Å². The zero-order valence-electron chi connectivity index (χ0n) is 16.2. The number of carbonyl (C=O) groups is 2. The second-order valence-corrected chi connectivity index (χ2v) is 7.37. The number of piperidine rings is 1. The Hall–Kier alpha value is -3.04. The fourth-order valence-corrected chi connectivity index (χ4v) is 3.73. The van der Waals surface area contributed by atoms with Crippen LogP contribution in [-0.4, -0.2) is 37.1 Å². The Kier molecular flexibility index (Phi) is 6.73. The van der Waals surface area contributed by atoms with Crippen LogP contribution in [0.15, 0.2) is 48.5 Å². The Morgan fingerprint density at radius 3 is 2.72 bits per heavy atom. The van der Waals surface area contributed by atoms with Gasteiger partial charge in [0.1, 0.15) is 6.07 Å². The minimum absolute atomic E-state index is 0.138. The molecule has 0 aliphatic carbocycles. The molecule has 29 heavy (non-hydrogen) atoms. The van der Waals surface area contributed by atoms with E-state index in [9.17, 15) is 14.9 Å². The molecule has 1 fully saturated rings. The van der Waals surface area contributed by atoms with E-state index in [1.165, 1.54) is 7.11 Å². The molecule has 1 saturated heterocycles. The maximum absolute atomic E-state index is 13.5. The van der Waals surface area contributed by atoms with Crippen LogP contribution >= 0.6 is 11.6 Å². The first-order valence-corrected chi connectivity index (χ1v) is 9.79. The van der Waals surface area contributed by atoms with Crippen molar-refractivity contribution in [2.45, 2.75) is 19.4 Å². The highest BCUT2D eigenvalue weighted by Gasteiger charge is 2.33. The summed E-state index contributed by atoms with van der Waals surface area (Å²) in [5, 5.41) is 10.0. The number of ether oxygens (including phenoxy) is 1. The van der Waals surface area contributed by atoms with Gasteiger partial charge in [-0.05, 0) is 36.6 Å². The van der Waals surface area contributed by atoms with Gasteiger partial charge in [0.2, 0.25) is 5.91 Å². The molecule has 6 nitrogen and oxygen atoms in total. The lowest BCUT2D eigenvalue weighted by molar-refractivity contribution is -0.123. The molecule has 0 bridgehead atoms. The summed E-state index contributed by atoms with van der Waals surface area (Å²) < 4.78 is 4.81. The minimum Gasteiger partial charge on any atom is -0.453 e. The van der Waals surface area contributed by atoms with Gasteiger partial charge in [-0.1, -0.05) is 41.9 Å². The highest BCUT2D eigenvalue weighted by Crippen LogP contribution is 2.29. The number of rotatable bonds is 4. The number of nitrogens with zero attached hydrogens (tertiary/aromatic N) is 3. The van der Waals surface area contributed by atoms with E-state index in [0.29, 0.717) is 48.7 Å². The Labute approximate surface area is 175 Å². The number of anilines is 1. The highest BCUT2D eigenvalue weighted by atomic mass is 35.5. The molecule has 150 valence electrons. The van der Waals surface area contributed by atoms with Gasteiger partial charge in [-0.2, -0.15) is 5.26 Å². The summed E-state index contributed by atoms with van der Waals surface area (Å²) in [4.78, 5) is 28.6. The van der Waals surface area contributed by atoms with Gasteiger partial charge in [0.15, 0.2) is 0 Å². The number of nitriles is 1. The molecule has 2 aromatic carbocycles. The number of carbonyl (C=O) groups excluding carboxylic acids is 2. The molecule has 1 heterocycles. The molecule has 3 rings (SSSR count). The van der Waals surface area contributed by atoms with Crippen LogP contribution in [-0.2, 0) is 16.1 Å². The fraction of sp³-hybridized carbons (Fsp3) is 0.318. The lowest BCUT2D eigenvalue weighted by Gasteiger charge is -2.34. The van der Waals surface area contributed by atoms with Crippen LogP contribution in [0.1, 0.15) is 24.0 Å². The first-order valence-electron chi connectivity index (χ1n) is 9.41. The summed E-state index contributed by atoms with van der Waals surface area (Å²) in [6, 6.07) is 16.6. The van der Waals surface area contributed by atoms with Crippen molar-refractivity contribution in [3.8, 4) is 6.07 Å². The molecular weight excluding hydrogens is 390 g/mol. The van der Waals surface area contributed by atoms with E-state index >= 15 is 0 Å². The average molecular weight is 412 g/mol. The monoisotopic (exact) mass is 411 g/mol. The van der Waals surface area contributed by atoms with E-state index in [1.54, 1.807) is 28.0 Å². The number of hydrogen-bond donors (Lipinski definition) is 0. The zero-order valence-corrected chi connectivity index (χ0v) is 16.9. The Balaban J connectivity index is 1.95. The summed E-state index contributed by atoms with van der Waals surface area (Å²) >= 11 is 6.18. The summed E-state index contributed by atoms with van der Waals surface area (Å²) in [7, 11) is 1.33. The summed E-state index contributed by atoms with van der Waals surface area (Å²) in [5.41, 5.74) is 1.79. The quantitative estimate of drug-likeness (QED) is 0.754. The largest absolute Gasteiger partial charge is 0.453 e. The molecule has 1 aliphatic rings. The Bertz CT molecular complexity index is 927. The van der Waals surface area contributed by atoms with Crippen molar-refractivity contribution in [3.63, 3.8) is 0 Å². The lowest BCUT2D eigenvalue weighted by Crippen LogP contribution is -2.46. The second kappa shape index (κ2) is 9.44. The summed E-state index contributed by atoms with van der Waals surface area (Å²) in [6.07, 6.45) is 0.948. The molecule has 0 radical (unpaired) electrons. The zero-order chi connectivity index (χ0) is 20.8. The molecular formula is C22H22ClN3O3. The van der Waals surface area contributed by atoms with Crippen LogP contribution in [0.25, 0.3) is 0 Å². The van der Waals surface area contributed by atoms with Crippen LogP contribution in [0.3, 0.4) is 0 Å². The standard InChI is InChI=1S/C22H22ClN3O3/c1-29-22(28)25-11-5-8-18(15-25)21(27)26(14-16-6-3-2-4-7-16)20-12-19(23)10-9-17(20)13-24/h2-4,6-7,9-10,12,18H,5,8,11,14-15H2,1H3. The third-order valence-electron chi connectivity index (χ3n) is 5.02. The van der Waals surface area contributed by atoms with E-state index < -0.39 is 6.09 Å². The topological polar surface area (TPSA) is 73.6 Å². The predicted molar refractivity (Wildman–Crippen MR) is 111 cm³/mol. The van der Waals surface area contributed by atoms with Crippen molar-refractivity contribution in [2.75, 3.05) is 25.1 Å². The van der Waals surface area contributed by atoms with Crippen LogP contribution in [0, 0.1) is 17.2 Å². The van der Waals surface area contributed by atoms with E-state index in [4.69, 9.17) is 16.3 Å². The first kappa shape index (κ1) is 20.7. The fourth-order valence-electron chi connectivity index (χ4n) is 3.56. The molecule has 2 aromatic rings. The Morgan fingerprint density at radius 1 is 1.28 bits per heavy atom. The highest BCUT2D eigenvalue weighted by molar-refractivity contribution is 6.31. The molecule has 0 aromatic heterocycles. The van der Waals surface area contributed by atoms with Crippen LogP contribution in [0.5, 0.6) is 0 Å². The van der Waals surface area contributed by atoms with Crippen molar-refractivity contribution in [2.24, 2.45) is 5.92 Å². The lowest BCUT2D eigenvalue weighted by atomic mass is 9.96.